The topological polar surface area (TPSA) is 22.1 Å². The quantitative estimate of drug-likeness (QED) is 0.777. The normalized spacial score (nSPS) is 25.1. The van der Waals surface area contributed by atoms with E-state index >= 15 is 0 Å². The van der Waals surface area contributed by atoms with Gasteiger partial charge in [0.15, 0.2) is 0 Å². The van der Waals surface area contributed by atoms with Crippen molar-refractivity contribution in [3.8, 4) is 0 Å². The van der Waals surface area contributed by atoms with Crippen LogP contribution in [0.3, 0.4) is 0 Å². The highest BCUT2D eigenvalue weighted by Gasteiger charge is 2.23. The largest absolute Gasteiger partial charge is 0.378 e. The van der Waals surface area contributed by atoms with Gasteiger partial charge in [-0.1, -0.05) is 19.8 Å². The number of ether oxygens (including phenoxy) is 1. The number of hydrogen-bond acceptors (Lipinski definition) is 3. The first-order chi connectivity index (χ1) is 8.33. The van der Waals surface area contributed by atoms with Crippen LogP contribution in [0.1, 0.15) is 62.1 Å². The van der Waals surface area contributed by atoms with Crippen molar-refractivity contribution in [2.24, 2.45) is 5.92 Å². The zero-order valence-electron chi connectivity index (χ0n) is 10.9. The van der Waals surface area contributed by atoms with Crippen LogP contribution in [0.2, 0.25) is 0 Å². The van der Waals surface area contributed by atoms with Crippen LogP contribution >= 0.6 is 11.3 Å². The predicted molar refractivity (Wildman–Crippen MR) is 72.4 cm³/mol. The molecule has 1 aromatic rings. The van der Waals surface area contributed by atoms with Gasteiger partial charge in [0.25, 0.3) is 0 Å². The van der Waals surface area contributed by atoms with Crippen LogP contribution in [-0.4, -0.2) is 12.1 Å². The molecule has 2 rings (SSSR count). The first-order valence-electron chi connectivity index (χ1n) is 6.76. The summed E-state index contributed by atoms with van der Waals surface area (Å²) >= 11 is 1.82. The number of rotatable bonds is 5. The molecule has 17 heavy (non-hydrogen) atoms. The lowest BCUT2D eigenvalue weighted by atomic mass is 9.80. The number of nitrogens with zero attached hydrogens (tertiary/aromatic N) is 1. The molecule has 0 unspecified atom stereocenters. The molecule has 0 bridgehead atoms. The summed E-state index contributed by atoms with van der Waals surface area (Å²) in [4.78, 5) is 4.69. The van der Waals surface area contributed by atoms with E-state index in [1.165, 1.54) is 43.5 Å². The van der Waals surface area contributed by atoms with Crippen LogP contribution in [-0.2, 0) is 11.3 Å². The van der Waals surface area contributed by atoms with Crippen LogP contribution < -0.4 is 0 Å². The molecule has 0 N–H and O–H groups in total. The van der Waals surface area contributed by atoms with Gasteiger partial charge in [-0.15, -0.1) is 11.3 Å². The fraction of sp³-hybridized carbons (Fsp3) is 0.786. The van der Waals surface area contributed by atoms with Crippen molar-refractivity contribution >= 4 is 11.3 Å². The monoisotopic (exact) mass is 253 g/mol. The van der Waals surface area contributed by atoms with Gasteiger partial charge in [-0.3, -0.25) is 0 Å². The maximum atomic E-state index is 5.12. The average Bonchev–Trinajstić information content (AvgIpc) is 2.80. The fourth-order valence-corrected chi connectivity index (χ4v) is 3.81. The number of hydrogen-bond donors (Lipinski definition) is 0. The summed E-state index contributed by atoms with van der Waals surface area (Å²) in [7, 11) is 1.73. The van der Waals surface area contributed by atoms with E-state index in [-0.39, 0.29) is 0 Å². The Morgan fingerprint density at radius 3 is 2.76 bits per heavy atom. The van der Waals surface area contributed by atoms with Gasteiger partial charge in [-0.2, -0.15) is 0 Å². The molecule has 1 fully saturated rings. The molecular formula is C14H23NOS. The molecule has 1 aromatic heterocycles. The maximum absolute atomic E-state index is 5.12. The lowest BCUT2D eigenvalue weighted by Gasteiger charge is -2.26. The molecule has 2 nitrogen and oxygen atoms in total. The number of methoxy groups -OCH3 is 1. The molecule has 1 aliphatic rings. The average molecular weight is 253 g/mol. The second kappa shape index (κ2) is 6.50. The highest BCUT2D eigenvalue weighted by atomic mass is 32.1. The van der Waals surface area contributed by atoms with Gasteiger partial charge in [0.1, 0.15) is 0 Å². The van der Waals surface area contributed by atoms with Gasteiger partial charge >= 0.3 is 0 Å². The standard InChI is InChI=1S/C14H23NOS/c1-3-4-11-5-7-12(8-6-11)14-15-13(9-16-2)10-17-14/h10-12H,3-9H2,1-2H3. The Morgan fingerprint density at radius 2 is 2.12 bits per heavy atom. The molecule has 1 saturated carbocycles. The molecule has 0 saturated heterocycles. The summed E-state index contributed by atoms with van der Waals surface area (Å²) < 4.78 is 5.12. The van der Waals surface area contributed by atoms with Crippen LogP contribution in [0.4, 0.5) is 0 Å². The smallest absolute Gasteiger partial charge is 0.0960 e. The Labute approximate surface area is 108 Å². The van der Waals surface area contributed by atoms with Gasteiger partial charge < -0.3 is 4.74 Å². The highest BCUT2D eigenvalue weighted by molar-refractivity contribution is 7.09. The van der Waals surface area contributed by atoms with Gasteiger partial charge in [-0.25, -0.2) is 4.98 Å². The molecule has 0 aromatic carbocycles. The molecule has 1 aliphatic carbocycles. The lowest BCUT2D eigenvalue weighted by Crippen LogP contribution is -2.13. The Morgan fingerprint density at radius 1 is 1.35 bits per heavy atom. The maximum Gasteiger partial charge on any atom is 0.0960 e. The predicted octanol–water partition coefficient (Wildman–Crippen LogP) is 4.36. The number of aromatic nitrogens is 1. The van der Waals surface area contributed by atoms with Crippen molar-refractivity contribution in [2.75, 3.05) is 7.11 Å². The molecule has 0 aliphatic heterocycles. The molecule has 1 heterocycles. The van der Waals surface area contributed by atoms with Crippen LogP contribution in [0.25, 0.3) is 0 Å². The van der Waals surface area contributed by atoms with Crippen molar-refractivity contribution < 1.29 is 4.74 Å². The summed E-state index contributed by atoms with van der Waals surface area (Å²) in [6, 6.07) is 0. The SMILES string of the molecule is CCCC1CCC(c2nc(COC)cs2)CC1. The molecule has 0 amide bonds. The minimum Gasteiger partial charge on any atom is -0.378 e. The van der Waals surface area contributed by atoms with Gasteiger partial charge in [0, 0.05) is 18.4 Å². The van der Waals surface area contributed by atoms with Gasteiger partial charge in [0.05, 0.1) is 17.3 Å². The molecule has 0 spiro atoms. The van der Waals surface area contributed by atoms with Crippen molar-refractivity contribution in [3.05, 3.63) is 16.1 Å². The summed E-state index contributed by atoms with van der Waals surface area (Å²) in [5, 5.41) is 3.49. The van der Waals surface area contributed by atoms with E-state index in [0.29, 0.717) is 6.61 Å². The van der Waals surface area contributed by atoms with Crippen molar-refractivity contribution in [1.82, 2.24) is 4.98 Å². The van der Waals surface area contributed by atoms with Gasteiger partial charge in [-0.05, 0) is 31.6 Å². The fourth-order valence-electron chi connectivity index (χ4n) is 2.83. The first-order valence-corrected chi connectivity index (χ1v) is 7.64. The van der Waals surface area contributed by atoms with Crippen molar-refractivity contribution in [2.45, 2.75) is 58.0 Å². The first kappa shape index (κ1) is 13.0. The Hall–Kier alpha value is -0.410. The second-order valence-electron chi connectivity index (χ2n) is 5.12. The van der Waals surface area contributed by atoms with E-state index in [1.54, 1.807) is 7.11 Å². The Balaban J connectivity index is 1.86. The molecule has 0 radical (unpaired) electrons. The summed E-state index contributed by atoms with van der Waals surface area (Å²) in [6.45, 7) is 2.95. The zero-order chi connectivity index (χ0) is 12.1. The summed E-state index contributed by atoms with van der Waals surface area (Å²) in [6.07, 6.45) is 8.23. The van der Waals surface area contributed by atoms with Crippen molar-refractivity contribution in [1.29, 1.82) is 0 Å². The lowest BCUT2D eigenvalue weighted by molar-refractivity contribution is 0.181. The van der Waals surface area contributed by atoms with Crippen LogP contribution in [0.15, 0.2) is 5.38 Å². The third kappa shape index (κ3) is 3.52. The van der Waals surface area contributed by atoms with E-state index in [9.17, 15) is 0 Å². The minimum absolute atomic E-state index is 0.654. The Kier molecular flexibility index (Phi) is 4.99. The second-order valence-corrected chi connectivity index (χ2v) is 6.01. The summed E-state index contributed by atoms with van der Waals surface area (Å²) in [5.41, 5.74) is 1.10. The van der Waals surface area contributed by atoms with Crippen LogP contribution in [0, 0.1) is 5.92 Å². The molecule has 96 valence electrons. The third-order valence-electron chi connectivity index (χ3n) is 3.75. The summed E-state index contributed by atoms with van der Waals surface area (Å²) in [5.74, 6) is 1.70. The van der Waals surface area contributed by atoms with Crippen molar-refractivity contribution in [3.63, 3.8) is 0 Å². The van der Waals surface area contributed by atoms with E-state index in [1.807, 2.05) is 11.3 Å². The molecular weight excluding hydrogens is 230 g/mol. The van der Waals surface area contributed by atoms with E-state index in [2.05, 4.69) is 17.3 Å². The molecule has 3 heteroatoms. The Bertz CT molecular complexity index is 329. The van der Waals surface area contributed by atoms with E-state index in [0.717, 1.165) is 17.5 Å². The van der Waals surface area contributed by atoms with E-state index < -0.39 is 0 Å². The van der Waals surface area contributed by atoms with Gasteiger partial charge in [0.2, 0.25) is 0 Å². The molecule has 0 atom stereocenters. The minimum atomic E-state index is 0.654. The van der Waals surface area contributed by atoms with E-state index in [4.69, 9.17) is 4.74 Å². The zero-order valence-corrected chi connectivity index (χ0v) is 11.8. The van der Waals surface area contributed by atoms with Crippen LogP contribution in [0.5, 0.6) is 0 Å². The highest BCUT2D eigenvalue weighted by Crippen LogP contribution is 2.38. The number of thiazole rings is 1. The third-order valence-corrected chi connectivity index (χ3v) is 4.81.